The van der Waals surface area contributed by atoms with Crippen molar-refractivity contribution >= 4 is 6.72 Å². The van der Waals surface area contributed by atoms with Crippen LogP contribution in [0.15, 0.2) is 16.8 Å². The van der Waals surface area contributed by atoms with Crippen molar-refractivity contribution < 1.29 is 13.2 Å². The van der Waals surface area contributed by atoms with Gasteiger partial charge in [-0.25, -0.2) is 0 Å². The summed E-state index contributed by atoms with van der Waals surface area (Å²) >= 11 is 0. The smallest absolute Gasteiger partial charge is 0.272 e. The molecule has 4 heteroatoms. The molecule has 1 nitrogen and oxygen atoms in total. The average Bonchev–Trinajstić information content (AvgIpc) is 1.64. The van der Waals surface area contributed by atoms with Crippen LogP contribution in [-0.2, 0) is 0 Å². The zero-order valence-electron chi connectivity index (χ0n) is 4.87. The van der Waals surface area contributed by atoms with Crippen LogP contribution in [0.1, 0.15) is 6.92 Å². The summed E-state index contributed by atoms with van der Waals surface area (Å²) in [6.45, 7) is 3.83. The van der Waals surface area contributed by atoms with E-state index in [0.717, 1.165) is 6.92 Å². The van der Waals surface area contributed by atoms with Gasteiger partial charge in [-0.3, -0.25) is 4.99 Å². The molecule has 52 valence electrons. The van der Waals surface area contributed by atoms with E-state index in [0.29, 0.717) is 6.20 Å². The number of nitrogens with zero attached hydrogens (tertiary/aromatic N) is 1. The first-order valence-electron chi connectivity index (χ1n) is 2.18. The number of rotatable bonds is 1. The van der Waals surface area contributed by atoms with Gasteiger partial charge >= 0.3 is 6.18 Å². The summed E-state index contributed by atoms with van der Waals surface area (Å²) in [7, 11) is 0. The Hall–Kier alpha value is -0.800. The van der Waals surface area contributed by atoms with Gasteiger partial charge in [-0.05, 0) is 13.6 Å². The second kappa shape index (κ2) is 2.66. The van der Waals surface area contributed by atoms with Crippen LogP contribution in [0, 0.1) is 0 Å². The number of hydrogen-bond acceptors (Lipinski definition) is 1. The molecule has 0 spiro atoms. The standard InChI is InChI=1S/C5H6F3N/c1-4(3-9-2)5(6,7)8/h3H,2H2,1H3/b4-3+. The Morgan fingerprint density at radius 1 is 1.56 bits per heavy atom. The molecule has 0 heterocycles. The summed E-state index contributed by atoms with van der Waals surface area (Å²) in [5, 5.41) is 0. The summed E-state index contributed by atoms with van der Waals surface area (Å²) in [5.41, 5.74) is -0.738. The molecular formula is C5H6F3N. The van der Waals surface area contributed by atoms with Crippen LogP contribution in [-0.4, -0.2) is 12.9 Å². The number of halogens is 3. The lowest BCUT2D eigenvalue weighted by Gasteiger charge is -2.02. The fourth-order valence-electron chi connectivity index (χ4n) is 0.210. The van der Waals surface area contributed by atoms with Gasteiger partial charge < -0.3 is 0 Å². The fourth-order valence-corrected chi connectivity index (χ4v) is 0.210. The van der Waals surface area contributed by atoms with Crippen molar-refractivity contribution in [2.45, 2.75) is 13.1 Å². The fraction of sp³-hybridized carbons (Fsp3) is 0.400. The molecule has 0 rings (SSSR count). The zero-order chi connectivity index (χ0) is 7.49. The van der Waals surface area contributed by atoms with Gasteiger partial charge in [0.2, 0.25) is 0 Å². The lowest BCUT2D eigenvalue weighted by Crippen LogP contribution is -2.08. The van der Waals surface area contributed by atoms with Crippen LogP contribution in [0.4, 0.5) is 13.2 Å². The first-order chi connectivity index (χ1) is 3.98. The number of hydrogen-bond donors (Lipinski definition) is 0. The van der Waals surface area contributed by atoms with E-state index in [4.69, 9.17) is 0 Å². The largest absolute Gasteiger partial charge is 0.413 e. The van der Waals surface area contributed by atoms with Gasteiger partial charge in [0.1, 0.15) is 0 Å². The molecule has 0 N–H and O–H groups in total. The summed E-state index contributed by atoms with van der Waals surface area (Å²) in [6, 6.07) is 0. The molecule has 0 fully saturated rings. The highest BCUT2D eigenvalue weighted by molar-refractivity contribution is 5.26. The first-order valence-corrected chi connectivity index (χ1v) is 2.18. The molecule has 0 aromatic rings. The van der Waals surface area contributed by atoms with Crippen molar-refractivity contribution in [1.82, 2.24) is 0 Å². The quantitative estimate of drug-likeness (QED) is 0.491. The van der Waals surface area contributed by atoms with Gasteiger partial charge in [0.15, 0.2) is 0 Å². The molecule has 0 aromatic heterocycles. The van der Waals surface area contributed by atoms with Gasteiger partial charge in [-0.1, -0.05) is 0 Å². The lowest BCUT2D eigenvalue weighted by atomic mass is 10.3. The topological polar surface area (TPSA) is 12.4 Å². The molecule has 0 saturated carbocycles. The molecule has 0 amide bonds. The molecule has 0 aliphatic heterocycles. The molecule has 0 aliphatic rings. The highest BCUT2D eigenvalue weighted by Crippen LogP contribution is 2.24. The Kier molecular flexibility index (Phi) is 2.42. The molecule has 0 saturated heterocycles. The number of allylic oxidation sites excluding steroid dienone is 1. The van der Waals surface area contributed by atoms with E-state index in [1.54, 1.807) is 0 Å². The van der Waals surface area contributed by atoms with Gasteiger partial charge in [-0.2, -0.15) is 13.2 Å². The summed E-state index contributed by atoms with van der Waals surface area (Å²) in [6.07, 6.45) is -3.58. The Labute approximate surface area is 50.9 Å². The molecule has 0 unspecified atom stereocenters. The molecule has 0 aromatic carbocycles. The van der Waals surface area contributed by atoms with Crippen molar-refractivity contribution in [3.05, 3.63) is 11.8 Å². The van der Waals surface area contributed by atoms with E-state index in [9.17, 15) is 13.2 Å². The molecule has 0 aliphatic carbocycles. The van der Waals surface area contributed by atoms with Gasteiger partial charge in [0, 0.05) is 11.8 Å². The molecule has 9 heavy (non-hydrogen) atoms. The normalized spacial score (nSPS) is 13.6. The average molecular weight is 137 g/mol. The minimum atomic E-state index is -4.26. The van der Waals surface area contributed by atoms with E-state index < -0.39 is 11.7 Å². The van der Waals surface area contributed by atoms with Crippen LogP contribution >= 0.6 is 0 Å². The van der Waals surface area contributed by atoms with Crippen molar-refractivity contribution in [2.75, 3.05) is 0 Å². The van der Waals surface area contributed by atoms with E-state index in [1.807, 2.05) is 0 Å². The summed E-state index contributed by atoms with van der Waals surface area (Å²) in [5.74, 6) is 0. The minimum absolute atomic E-state index is 0.681. The Balaban J connectivity index is 4.19. The maximum absolute atomic E-state index is 11.5. The molecule has 0 radical (unpaired) electrons. The van der Waals surface area contributed by atoms with Crippen LogP contribution in [0.3, 0.4) is 0 Å². The van der Waals surface area contributed by atoms with Gasteiger partial charge in [-0.15, -0.1) is 0 Å². The maximum Gasteiger partial charge on any atom is 0.413 e. The van der Waals surface area contributed by atoms with E-state index in [-0.39, 0.29) is 0 Å². The van der Waals surface area contributed by atoms with Gasteiger partial charge in [0.05, 0.1) is 0 Å². The third-order valence-corrected chi connectivity index (χ3v) is 0.732. The van der Waals surface area contributed by atoms with Crippen LogP contribution in [0.2, 0.25) is 0 Å². The summed E-state index contributed by atoms with van der Waals surface area (Å²) < 4.78 is 34.4. The molecular weight excluding hydrogens is 131 g/mol. The molecule has 0 atom stereocenters. The predicted molar refractivity (Wildman–Crippen MR) is 29.4 cm³/mol. The Morgan fingerprint density at radius 2 is 2.00 bits per heavy atom. The van der Waals surface area contributed by atoms with Crippen molar-refractivity contribution in [3.63, 3.8) is 0 Å². The monoisotopic (exact) mass is 137 g/mol. The third kappa shape index (κ3) is 2.90. The first kappa shape index (κ1) is 8.20. The summed E-state index contributed by atoms with van der Waals surface area (Å²) in [4.78, 5) is 2.97. The van der Waals surface area contributed by atoms with Crippen LogP contribution in [0.25, 0.3) is 0 Å². The number of alkyl halides is 3. The molecule has 0 bridgehead atoms. The van der Waals surface area contributed by atoms with Crippen LogP contribution in [0.5, 0.6) is 0 Å². The lowest BCUT2D eigenvalue weighted by molar-refractivity contribution is -0.0914. The third-order valence-electron chi connectivity index (χ3n) is 0.732. The van der Waals surface area contributed by atoms with E-state index in [1.165, 1.54) is 0 Å². The van der Waals surface area contributed by atoms with Gasteiger partial charge in [0.25, 0.3) is 0 Å². The van der Waals surface area contributed by atoms with E-state index >= 15 is 0 Å². The maximum atomic E-state index is 11.5. The second-order valence-corrected chi connectivity index (χ2v) is 1.49. The van der Waals surface area contributed by atoms with Crippen molar-refractivity contribution in [3.8, 4) is 0 Å². The second-order valence-electron chi connectivity index (χ2n) is 1.49. The highest BCUT2D eigenvalue weighted by Gasteiger charge is 2.29. The highest BCUT2D eigenvalue weighted by atomic mass is 19.4. The predicted octanol–water partition coefficient (Wildman–Crippen LogP) is 2.15. The van der Waals surface area contributed by atoms with Crippen molar-refractivity contribution in [2.24, 2.45) is 4.99 Å². The Bertz CT molecular complexity index is 134. The number of aliphatic imine (C=N–C) groups is 1. The SMILES string of the molecule is C=N/C=C(\C)C(F)(F)F. The van der Waals surface area contributed by atoms with Crippen molar-refractivity contribution in [1.29, 1.82) is 0 Å². The van der Waals surface area contributed by atoms with E-state index in [2.05, 4.69) is 11.7 Å². The minimum Gasteiger partial charge on any atom is -0.272 e. The van der Waals surface area contributed by atoms with Crippen LogP contribution < -0.4 is 0 Å². The Morgan fingerprint density at radius 3 is 2.11 bits per heavy atom. The zero-order valence-corrected chi connectivity index (χ0v) is 4.87.